The van der Waals surface area contributed by atoms with Gasteiger partial charge in [0, 0.05) is 18.2 Å². The van der Waals surface area contributed by atoms with Gasteiger partial charge in [0.2, 0.25) is 5.91 Å². The van der Waals surface area contributed by atoms with Crippen LogP contribution in [0.3, 0.4) is 0 Å². The van der Waals surface area contributed by atoms with Gasteiger partial charge in [0.05, 0.1) is 11.0 Å². The van der Waals surface area contributed by atoms with Crippen molar-refractivity contribution in [3.05, 3.63) is 24.0 Å². The van der Waals surface area contributed by atoms with E-state index in [9.17, 15) is 4.79 Å². The van der Waals surface area contributed by atoms with Crippen LogP contribution in [0, 0.1) is 12.8 Å². The summed E-state index contributed by atoms with van der Waals surface area (Å²) in [4.78, 5) is 19.5. The molecule has 0 radical (unpaired) electrons. The number of H-pyrrole nitrogens is 1. The predicted molar refractivity (Wildman–Crippen MR) is 77.2 cm³/mol. The lowest BCUT2D eigenvalue weighted by atomic mass is 10.1. The molecule has 0 saturated carbocycles. The maximum atomic E-state index is 12.0. The van der Waals surface area contributed by atoms with Gasteiger partial charge in [0.15, 0.2) is 0 Å². The van der Waals surface area contributed by atoms with Gasteiger partial charge >= 0.3 is 0 Å². The number of carbonyl (C=O) groups is 1. The maximum absolute atomic E-state index is 12.0. The van der Waals surface area contributed by atoms with E-state index in [1.54, 1.807) is 0 Å². The van der Waals surface area contributed by atoms with Crippen molar-refractivity contribution in [2.45, 2.75) is 20.8 Å². The summed E-state index contributed by atoms with van der Waals surface area (Å²) in [5.74, 6) is 0.842. The summed E-state index contributed by atoms with van der Waals surface area (Å²) in [5, 5.41) is 6.10. The fourth-order valence-electron chi connectivity index (χ4n) is 1.93. The average molecular weight is 260 g/mol. The molecule has 5 heteroatoms. The number of hydrogen-bond donors (Lipinski definition) is 3. The Morgan fingerprint density at radius 1 is 1.47 bits per heavy atom. The van der Waals surface area contributed by atoms with Gasteiger partial charge in [-0.15, -0.1) is 0 Å². The van der Waals surface area contributed by atoms with Crippen LogP contribution < -0.4 is 10.6 Å². The zero-order valence-corrected chi connectivity index (χ0v) is 11.6. The van der Waals surface area contributed by atoms with Gasteiger partial charge in [-0.05, 0) is 31.7 Å². The Hall–Kier alpha value is -1.88. The van der Waals surface area contributed by atoms with Crippen LogP contribution >= 0.6 is 0 Å². The minimum absolute atomic E-state index is 0.0246. The Morgan fingerprint density at radius 2 is 2.26 bits per heavy atom. The highest BCUT2D eigenvalue weighted by molar-refractivity contribution is 5.94. The molecule has 1 heterocycles. The van der Waals surface area contributed by atoms with Crippen molar-refractivity contribution in [2.24, 2.45) is 5.92 Å². The number of imidazole rings is 1. The fraction of sp³-hybridized carbons (Fsp3) is 0.429. The van der Waals surface area contributed by atoms with Crippen molar-refractivity contribution in [1.29, 1.82) is 0 Å². The molecule has 1 unspecified atom stereocenters. The second kappa shape index (κ2) is 5.84. The zero-order chi connectivity index (χ0) is 13.8. The molecule has 0 spiro atoms. The smallest absolute Gasteiger partial charge is 0.228 e. The lowest BCUT2D eigenvalue weighted by Crippen LogP contribution is -2.30. The van der Waals surface area contributed by atoms with Gasteiger partial charge in [0.25, 0.3) is 0 Å². The van der Waals surface area contributed by atoms with E-state index in [1.807, 2.05) is 39.0 Å². The molecule has 1 amide bonds. The molecular weight excluding hydrogens is 240 g/mol. The number of aryl methyl sites for hydroxylation is 1. The molecule has 0 aliphatic rings. The second-order valence-corrected chi connectivity index (χ2v) is 4.75. The minimum Gasteiger partial charge on any atom is -0.342 e. The summed E-state index contributed by atoms with van der Waals surface area (Å²) < 4.78 is 0. The number of aromatic amines is 1. The molecule has 1 aromatic carbocycles. The first kappa shape index (κ1) is 13.5. The molecule has 19 heavy (non-hydrogen) atoms. The number of benzene rings is 1. The topological polar surface area (TPSA) is 69.8 Å². The van der Waals surface area contributed by atoms with Crippen molar-refractivity contribution in [3.63, 3.8) is 0 Å². The number of carbonyl (C=O) groups excluding carboxylic acids is 1. The molecule has 2 rings (SSSR count). The molecule has 0 fully saturated rings. The number of nitrogens with one attached hydrogen (secondary N) is 3. The Bertz CT molecular complexity index is 576. The number of hydrogen-bond acceptors (Lipinski definition) is 3. The van der Waals surface area contributed by atoms with Gasteiger partial charge in [-0.25, -0.2) is 4.98 Å². The highest BCUT2D eigenvalue weighted by Gasteiger charge is 2.12. The first-order valence-electron chi connectivity index (χ1n) is 6.58. The fourth-order valence-corrected chi connectivity index (χ4v) is 1.93. The van der Waals surface area contributed by atoms with Crippen molar-refractivity contribution in [2.75, 3.05) is 18.4 Å². The van der Waals surface area contributed by atoms with Crippen LogP contribution in [0.2, 0.25) is 0 Å². The van der Waals surface area contributed by atoms with E-state index in [1.165, 1.54) is 0 Å². The van der Waals surface area contributed by atoms with Crippen molar-refractivity contribution in [1.82, 2.24) is 15.3 Å². The molecule has 5 nitrogen and oxygen atoms in total. The lowest BCUT2D eigenvalue weighted by molar-refractivity contribution is -0.119. The molecule has 0 aliphatic carbocycles. The van der Waals surface area contributed by atoms with E-state index in [-0.39, 0.29) is 11.8 Å². The summed E-state index contributed by atoms with van der Waals surface area (Å²) >= 11 is 0. The van der Waals surface area contributed by atoms with E-state index >= 15 is 0 Å². The SMILES string of the molecule is CCNCC(C)C(=O)Nc1ccc2nc(C)[nH]c2c1. The third kappa shape index (κ3) is 3.32. The number of nitrogens with zero attached hydrogens (tertiary/aromatic N) is 1. The molecule has 3 N–H and O–H groups in total. The van der Waals surface area contributed by atoms with E-state index < -0.39 is 0 Å². The minimum atomic E-state index is -0.0563. The summed E-state index contributed by atoms with van der Waals surface area (Å²) in [6.45, 7) is 7.41. The average Bonchev–Trinajstić information content (AvgIpc) is 2.75. The molecular formula is C14H20N4O. The van der Waals surface area contributed by atoms with E-state index in [0.29, 0.717) is 6.54 Å². The molecule has 1 atom stereocenters. The normalized spacial score (nSPS) is 12.6. The first-order chi connectivity index (χ1) is 9.10. The van der Waals surface area contributed by atoms with E-state index in [0.717, 1.165) is 29.1 Å². The molecule has 102 valence electrons. The monoisotopic (exact) mass is 260 g/mol. The zero-order valence-electron chi connectivity index (χ0n) is 11.6. The Morgan fingerprint density at radius 3 is 3.00 bits per heavy atom. The standard InChI is InChI=1S/C14H20N4O/c1-4-15-8-9(2)14(19)18-11-5-6-12-13(7-11)17-10(3)16-12/h5-7,9,15H,4,8H2,1-3H3,(H,16,17)(H,18,19). The van der Waals surface area contributed by atoms with Crippen LogP contribution in [0.15, 0.2) is 18.2 Å². The molecule has 0 bridgehead atoms. The Labute approximate surface area is 112 Å². The highest BCUT2D eigenvalue weighted by Crippen LogP contribution is 2.17. The van der Waals surface area contributed by atoms with E-state index in [2.05, 4.69) is 20.6 Å². The Kier molecular flexibility index (Phi) is 4.16. The van der Waals surface area contributed by atoms with Gasteiger partial charge in [-0.1, -0.05) is 13.8 Å². The summed E-state index contributed by atoms with van der Waals surface area (Å²) in [6, 6.07) is 5.69. The van der Waals surface area contributed by atoms with Crippen LogP contribution in [0.1, 0.15) is 19.7 Å². The third-order valence-electron chi connectivity index (χ3n) is 3.02. The van der Waals surface area contributed by atoms with Crippen molar-refractivity contribution in [3.8, 4) is 0 Å². The molecule has 1 aromatic heterocycles. The van der Waals surface area contributed by atoms with Gasteiger partial charge in [-0.2, -0.15) is 0 Å². The van der Waals surface area contributed by atoms with Gasteiger partial charge in [-0.3, -0.25) is 4.79 Å². The number of aromatic nitrogens is 2. The number of anilines is 1. The van der Waals surface area contributed by atoms with Gasteiger partial charge in [0.1, 0.15) is 5.82 Å². The van der Waals surface area contributed by atoms with Crippen molar-refractivity contribution < 1.29 is 4.79 Å². The van der Waals surface area contributed by atoms with Crippen molar-refractivity contribution >= 4 is 22.6 Å². The third-order valence-corrected chi connectivity index (χ3v) is 3.02. The van der Waals surface area contributed by atoms with Gasteiger partial charge < -0.3 is 15.6 Å². The number of amides is 1. The largest absolute Gasteiger partial charge is 0.342 e. The van der Waals surface area contributed by atoms with Crippen LogP contribution in [0.25, 0.3) is 11.0 Å². The molecule has 0 saturated heterocycles. The van der Waals surface area contributed by atoms with E-state index in [4.69, 9.17) is 0 Å². The highest BCUT2D eigenvalue weighted by atomic mass is 16.1. The summed E-state index contributed by atoms with van der Waals surface area (Å²) in [6.07, 6.45) is 0. The molecule has 2 aromatic rings. The summed E-state index contributed by atoms with van der Waals surface area (Å²) in [7, 11) is 0. The van der Waals surface area contributed by atoms with Crippen LogP contribution in [0.4, 0.5) is 5.69 Å². The van der Waals surface area contributed by atoms with Crippen LogP contribution in [-0.4, -0.2) is 29.0 Å². The first-order valence-corrected chi connectivity index (χ1v) is 6.58. The predicted octanol–water partition coefficient (Wildman–Crippen LogP) is 2.06. The summed E-state index contributed by atoms with van der Waals surface area (Å²) in [5.41, 5.74) is 2.65. The number of rotatable bonds is 5. The molecule has 0 aliphatic heterocycles. The Balaban J connectivity index is 2.06. The second-order valence-electron chi connectivity index (χ2n) is 4.75. The van der Waals surface area contributed by atoms with Crippen LogP contribution in [-0.2, 0) is 4.79 Å². The number of fused-ring (bicyclic) bond motifs is 1. The maximum Gasteiger partial charge on any atom is 0.228 e. The quantitative estimate of drug-likeness (QED) is 0.770. The van der Waals surface area contributed by atoms with Crippen LogP contribution in [0.5, 0.6) is 0 Å². The lowest BCUT2D eigenvalue weighted by Gasteiger charge is -2.12.